The number of hydrogen-bond acceptors (Lipinski definition) is 4. The zero-order chi connectivity index (χ0) is 9.42. The molecule has 0 unspecified atom stereocenters. The molecule has 0 aliphatic heterocycles. The largest absolute Gasteiger partial charge is 0.283 e. The smallest absolute Gasteiger partial charge is 0.260 e. The third-order valence-corrected chi connectivity index (χ3v) is 1.82. The summed E-state index contributed by atoms with van der Waals surface area (Å²) in [7, 11) is 0. The van der Waals surface area contributed by atoms with Crippen molar-refractivity contribution in [3.63, 3.8) is 0 Å². The van der Waals surface area contributed by atoms with Crippen molar-refractivity contribution < 1.29 is 4.92 Å². The van der Waals surface area contributed by atoms with E-state index in [-0.39, 0.29) is 5.69 Å². The number of hydrogen-bond donors (Lipinski definition) is 1. The van der Waals surface area contributed by atoms with E-state index in [1.807, 2.05) is 0 Å². The number of aromatic amines is 1. The van der Waals surface area contributed by atoms with E-state index in [1.165, 1.54) is 12.3 Å². The van der Waals surface area contributed by atoms with E-state index >= 15 is 0 Å². The third kappa shape index (κ3) is 1.03. The monoisotopic (exact) mass is 178 g/mol. The highest BCUT2D eigenvalue weighted by atomic mass is 16.6. The molecule has 6 heteroatoms. The van der Waals surface area contributed by atoms with Gasteiger partial charge in [0, 0.05) is 12.3 Å². The molecule has 6 nitrogen and oxygen atoms in total. The molecule has 0 spiro atoms. The van der Waals surface area contributed by atoms with Gasteiger partial charge in [-0.15, -0.1) is 0 Å². The van der Waals surface area contributed by atoms with E-state index in [2.05, 4.69) is 15.2 Å². The van der Waals surface area contributed by atoms with Crippen LogP contribution in [0, 0.1) is 17.0 Å². The first-order valence-corrected chi connectivity index (χ1v) is 3.64. The van der Waals surface area contributed by atoms with Gasteiger partial charge in [-0.2, -0.15) is 5.10 Å². The fourth-order valence-electron chi connectivity index (χ4n) is 1.24. The fourth-order valence-corrected chi connectivity index (χ4v) is 1.24. The van der Waals surface area contributed by atoms with Gasteiger partial charge in [0.15, 0.2) is 5.65 Å². The van der Waals surface area contributed by atoms with Crippen molar-refractivity contribution in [1.82, 2.24) is 15.2 Å². The van der Waals surface area contributed by atoms with Gasteiger partial charge in [-0.3, -0.25) is 15.2 Å². The number of rotatable bonds is 1. The molecule has 0 saturated carbocycles. The molecule has 0 atom stereocenters. The molecule has 66 valence electrons. The highest BCUT2D eigenvalue weighted by molar-refractivity contribution is 5.87. The lowest BCUT2D eigenvalue weighted by Crippen LogP contribution is -1.90. The Labute approximate surface area is 72.7 Å². The summed E-state index contributed by atoms with van der Waals surface area (Å²) in [4.78, 5) is 14.1. The standard InChI is InChI=1S/C7H6N4O2/c1-4-6-5(11(12)13)2-3-8-7(6)10-9-4/h2-3H,1H3,(H,8,9,10). The second-order valence-electron chi connectivity index (χ2n) is 2.62. The van der Waals surface area contributed by atoms with E-state index in [9.17, 15) is 10.1 Å². The minimum Gasteiger partial charge on any atom is -0.260 e. The van der Waals surface area contributed by atoms with Crippen LogP contribution in [0.25, 0.3) is 11.0 Å². The zero-order valence-corrected chi connectivity index (χ0v) is 6.81. The Kier molecular flexibility index (Phi) is 1.48. The van der Waals surface area contributed by atoms with Crippen LogP contribution in [0.1, 0.15) is 5.69 Å². The Morgan fingerprint density at radius 2 is 2.38 bits per heavy atom. The molecular weight excluding hydrogens is 172 g/mol. The van der Waals surface area contributed by atoms with E-state index in [0.29, 0.717) is 16.7 Å². The molecule has 13 heavy (non-hydrogen) atoms. The maximum absolute atomic E-state index is 10.6. The van der Waals surface area contributed by atoms with Crippen molar-refractivity contribution in [3.8, 4) is 0 Å². The summed E-state index contributed by atoms with van der Waals surface area (Å²) < 4.78 is 0. The number of H-pyrrole nitrogens is 1. The first-order chi connectivity index (χ1) is 6.20. The lowest BCUT2D eigenvalue weighted by atomic mass is 10.2. The Hall–Kier alpha value is -1.98. The second kappa shape index (κ2) is 2.51. The summed E-state index contributed by atoms with van der Waals surface area (Å²) in [6.07, 6.45) is 1.39. The first-order valence-electron chi connectivity index (χ1n) is 3.64. The summed E-state index contributed by atoms with van der Waals surface area (Å²) in [5.74, 6) is 0. The highest BCUT2D eigenvalue weighted by Crippen LogP contribution is 2.24. The molecule has 0 amide bonds. The van der Waals surface area contributed by atoms with Gasteiger partial charge >= 0.3 is 0 Å². The van der Waals surface area contributed by atoms with Gasteiger partial charge in [0.1, 0.15) is 5.39 Å². The number of fused-ring (bicyclic) bond motifs is 1. The molecule has 0 aromatic carbocycles. The van der Waals surface area contributed by atoms with Crippen molar-refractivity contribution in [2.45, 2.75) is 6.92 Å². The number of aryl methyl sites for hydroxylation is 1. The average molecular weight is 178 g/mol. The maximum atomic E-state index is 10.6. The van der Waals surface area contributed by atoms with Crippen LogP contribution >= 0.6 is 0 Å². The van der Waals surface area contributed by atoms with Gasteiger partial charge in [-0.05, 0) is 6.92 Å². The topological polar surface area (TPSA) is 84.7 Å². The molecule has 0 radical (unpaired) electrons. The van der Waals surface area contributed by atoms with Crippen LogP contribution in [0.5, 0.6) is 0 Å². The molecule has 2 heterocycles. The third-order valence-electron chi connectivity index (χ3n) is 1.82. The summed E-state index contributed by atoms with van der Waals surface area (Å²) in [6, 6.07) is 1.37. The first kappa shape index (κ1) is 7.66. The van der Waals surface area contributed by atoms with Gasteiger partial charge in [0.2, 0.25) is 0 Å². The van der Waals surface area contributed by atoms with Crippen LogP contribution < -0.4 is 0 Å². The van der Waals surface area contributed by atoms with Gasteiger partial charge in [0.05, 0.1) is 10.6 Å². The number of pyridine rings is 1. The van der Waals surface area contributed by atoms with Gasteiger partial charge < -0.3 is 0 Å². The Bertz CT molecular complexity index is 476. The molecule has 2 aromatic heterocycles. The number of nitro groups is 1. The quantitative estimate of drug-likeness (QED) is 0.524. The fraction of sp³-hybridized carbons (Fsp3) is 0.143. The molecule has 2 aromatic rings. The van der Waals surface area contributed by atoms with Crippen LogP contribution in [0.3, 0.4) is 0 Å². The summed E-state index contributed by atoms with van der Waals surface area (Å²) in [5.41, 5.74) is 1.08. The number of aromatic nitrogens is 3. The van der Waals surface area contributed by atoms with Crippen molar-refractivity contribution in [2.75, 3.05) is 0 Å². The molecule has 0 bridgehead atoms. The van der Waals surface area contributed by atoms with Crippen molar-refractivity contribution in [1.29, 1.82) is 0 Å². The SMILES string of the molecule is Cc1n[nH]c2nccc([N+](=O)[O-])c12. The van der Waals surface area contributed by atoms with E-state index in [4.69, 9.17) is 0 Å². The highest BCUT2D eigenvalue weighted by Gasteiger charge is 2.15. The maximum Gasteiger partial charge on any atom is 0.283 e. The Morgan fingerprint density at radius 1 is 1.62 bits per heavy atom. The summed E-state index contributed by atoms with van der Waals surface area (Å²) >= 11 is 0. The predicted molar refractivity (Wildman–Crippen MR) is 45.3 cm³/mol. The van der Waals surface area contributed by atoms with Crippen LogP contribution in [-0.2, 0) is 0 Å². The molecule has 0 saturated heterocycles. The Morgan fingerprint density at radius 3 is 3.08 bits per heavy atom. The number of nitrogens with one attached hydrogen (secondary N) is 1. The molecule has 1 N–H and O–H groups in total. The van der Waals surface area contributed by atoms with Crippen molar-refractivity contribution >= 4 is 16.7 Å². The summed E-state index contributed by atoms with van der Waals surface area (Å²) in [6.45, 7) is 1.70. The lowest BCUT2D eigenvalue weighted by Gasteiger charge is -1.91. The predicted octanol–water partition coefficient (Wildman–Crippen LogP) is 1.17. The minimum absolute atomic E-state index is 0.0382. The second-order valence-corrected chi connectivity index (χ2v) is 2.62. The van der Waals surface area contributed by atoms with E-state index in [0.717, 1.165) is 0 Å². The van der Waals surface area contributed by atoms with E-state index in [1.54, 1.807) is 6.92 Å². The lowest BCUT2D eigenvalue weighted by molar-refractivity contribution is -0.383. The molecular formula is C7H6N4O2. The van der Waals surface area contributed by atoms with Crippen molar-refractivity contribution in [3.05, 3.63) is 28.1 Å². The zero-order valence-electron chi connectivity index (χ0n) is 6.81. The van der Waals surface area contributed by atoms with Gasteiger partial charge in [-0.25, -0.2) is 4.98 Å². The Balaban J connectivity index is 2.88. The van der Waals surface area contributed by atoms with Crippen LogP contribution in [0.2, 0.25) is 0 Å². The summed E-state index contributed by atoms with van der Waals surface area (Å²) in [5, 5.41) is 17.5. The number of nitrogens with zero attached hydrogens (tertiary/aromatic N) is 3. The molecule has 0 aliphatic rings. The van der Waals surface area contributed by atoms with Crippen LogP contribution in [0.15, 0.2) is 12.3 Å². The average Bonchev–Trinajstić information content (AvgIpc) is 2.48. The normalized spacial score (nSPS) is 10.5. The van der Waals surface area contributed by atoms with Gasteiger partial charge in [-0.1, -0.05) is 0 Å². The van der Waals surface area contributed by atoms with E-state index < -0.39 is 4.92 Å². The van der Waals surface area contributed by atoms with Crippen molar-refractivity contribution in [2.24, 2.45) is 0 Å². The van der Waals surface area contributed by atoms with Gasteiger partial charge in [0.25, 0.3) is 5.69 Å². The molecule has 0 fully saturated rings. The molecule has 2 rings (SSSR count). The van der Waals surface area contributed by atoms with Crippen LogP contribution in [0.4, 0.5) is 5.69 Å². The minimum atomic E-state index is -0.438. The van der Waals surface area contributed by atoms with Crippen LogP contribution in [-0.4, -0.2) is 20.1 Å². The molecule has 0 aliphatic carbocycles.